The van der Waals surface area contributed by atoms with E-state index < -0.39 is 8.32 Å². The van der Waals surface area contributed by atoms with Crippen LogP contribution in [-0.4, -0.2) is 43.6 Å². The van der Waals surface area contributed by atoms with E-state index in [1.54, 1.807) is 12.1 Å². The van der Waals surface area contributed by atoms with Gasteiger partial charge in [0.15, 0.2) is 8.32 Å². The molecule has 0 amide bonds. The van der Waals surface area contributed by atoms with Gasteiger partial charge in [0.25, 0.3) is 0 Å². The van der Waals surface area contributed by atoms with Crippen molar-refractivity contribution >= 4 is 25.2 Å². The number of nitrogens with one attached hydrogen (secondary N) is 2. The Kier molecular flexibility index (Phi) is 8.91. The van der Waals surface area contributed by atoms with Crippen LogP contribution in [0.3, 0.4) is 0 Å². The highest BCUT2D eigenvalue weighted by Crippen LogP contribution is 2.41. The predicted molar refractivity (Wildman–Crippen MR) is 155 cm³/mol. The number of aromatic hydroxyl groups is 1. The number of benzene rings is 2. The van der Waals surface area contributed by atoms with Gasteiger partial charge in [0, 0.05) is 23.5 Å². The van der Waals surface area contributed by atoms with E-state index in [-0.39, 0.29) is 40.4 Å². The lowest BCUT2D eigenvalue weighted by Crippen LogP contribution is -2.47. The number of rotatable bonds is 10. The number of H-pyrrole nitrogens is 1. The van der Waals surface area contributed by atoms with Gasteiger partial charge in [-0.05, 0) is 67.2 Å². The number of hydrogen-bond acceptors (Lipinski definition) is 6. The van der Waals surface area contributed by atoms with Gasteiger partial charge in [-0.25, -0.2) is 0 Å². The van der Waals surface area contributed by atoms with E-state index in [0.29, 0.717) is 12.1 Å². The fourth-order valence-electron chi connectivity index (χ4n) is 4.32. The summed E-state index contributed by atoms with van der Waals surface area (Å²) >= 11 is 0. The minimum absolute atomic E-state index is 0.00187. The molecule has 0 aliphatic rings. The van der Waals surface area contributed by atoms with Gasteiger partial charge >= 0.3 is 5.97 Å². The Morgan fingerprint density at radius 2 is 1.74 bits per heavy atom. The summed E-state index contributed by atoms with van der Waals surface area (Å²) in [5.41, 5.74) is 2.84. The van der Waals surface area contributed by atoms with Crippen molar-refractivity contribution in [1.82, 2.24) is 10.3 Å². The Balaban J connectivity index is 1.90. The molecule has 1 heterocycles. The molecule has 0 fully saturated rings. The number of phenols is 1. The summed E-state index contributed by atoms with van der Waals surface area (Å²) < 4.78 is 11.8. The number of methoxy groups -OCH3 is 1. The van der Waals surface area contributed by atoms with Crippen LogP contribution in [0.5, 0.6) is 5.75 Å². The smallest absolute Gasteiger partial charge is 0.309 e. The van der Waals surface area contributed by atoms with E-state index in [0.717, 1.165) is 28.5 Å². The summed E-state index contributed by atoms with van der Waals surface area (Å²) in [5, 5.41) is 14.9. The molecule has 3 N–H and O–H groups in total. The third-order valence-electron chi connectivity index (χ3n) is 7.48. The van der Waals surface area contributed by atoms with Crippen molar-refractivity contribution in [2.75, 3.05) is 13.7 Å². The van der Waals surface area contributed by atoms with Gasteiger partial charge in [0.1, 0.15) is 5.75 Å². The minimum atomic E-state index is -2.18. The predicted octanol–water partition coefficient (Wildman–Crippen LogP) is 5.62. The van der Waals surface area contributed by atoms with Crippen LogP contribution in [0.25, 0.3) is 10.9 Å². The molecule has 0 spiro atoms. The number of carbonyl (C=O) groups is 1. The van der Waals surface area contributed by atoms with Crippen molar-refractivity contribution in [3.8, 4) is 5.75 Å². The molecule has 0 unspecified atom stereocenters. The summed E-state index contributed by atoms with van der Waals surface area (Å²) in [6.07, 6.45) is 0.699. The average Bonchev–Trinajstić information content (AvgIpc) is 2.81. The Labute approximate surface area is 226 Å². The molecule has 0 aliphatic heterocycles. The van der Waals surface area contributed by atoms with Crippen LogP contribution in [0.15, 0.2) is 53.3 Å². The minimum Gasteiger partial charge on any atom is -0.506 e. The molecule has 3 aromatic rings. The SMILES string of the molecule is COC(=O)Cc1cccc(CC(C)(C)NC[C@H](O[Si](C)(C)C(C)(C)C)c2ccc(O)c3[nH]c(=O)ccc23)c1. The van der Waals surface area contributed by atoms with Crippen LogP contribution >= 0.6 is 0 Å². The third kappa shape index (κ3) is 7.33. The maximum absolute atomic E-state index is 12.0. The zero-order valence-electron chi connectivity index (χ0n) is 23.9. The average molecular weight is 539 g/mol. The molecular formula is C30H42N2O5Si. The molecule has 0 aliphatic carbocycles. The number of aromatic nitrogens is 1. The highest BCUT2D eigenvalue weighted by molar-refractivity contribution is 6.74. The molecule has 8 heteroatoms. The Hall–Kier alpha value is -2.94. The number of aromatic amines is 1. The maximum Gasteiger partial charge on any atom is 0.309 e. The first kappa shape index (κ1) is 29.6. The summed E-state index contributed by atoms with van der Waals surface area (Å²) in [4.78, 5) is 26.5. The molecular weight excluding hydrogens is 496 g/mol. The maximum atomic E-state index is 12.0. The lowest BCUT2D eigenvalue weighted by Gasteiger charge is -2.40. The van der Waals surface area contributed by atoms with Crippen LogP contribution in [0.4, 0.5) is 0 Å². The quantitative estimate of drug-likeness (QED) is 0.229. The van der Waals surface area contributed by atoms with Crippen molar-refractivity contribution < 1.29 is 19.1 Å². The largest absolute Gasteiger partial charge is 0.506 e. The zero-order chi connectivity index (χ0) is 28.3. The van der Waals surface area contributed by atoms with E-state index in [4.69, 9.17) is 9.16 Å². The van der Waals surface area contributed by atoms with Crippen molar-refractivity contribution in [1.29, 1.82) is 0 Å². The molecule has 0 bridgehead atoms. The normalized spacial score (nSPS) is 13.5. The first-order chi connectivity index (χ1) is 17.6. The summed E-state index contributed by atoms with van der Waals surface area (Å²) in [6, 6.07) is 14.8. The second-order valence-corrected chi connectivity index (χ2v) is 16.9. The van der Waals surface area contributed by atoms with E-state index >= 15 is 0 Å². The standard InChI is InChI=1S/C30H42N2O5Si/c1-29(2,3)38(7,8)37-25(22-12-14-24(33)28-23(22)13-15-26(34)32-28)19-31-30(4,5)18-21-11-9-10-20(16-21)17-27(35)36-6/h9-16,25,31,33H,17-19H2,1-8H3,(H,32,34)/t25-/m0/s1. The zero-order valence-corrected chi connectivity index (χ0v) is 24.9. The fraction of sp³-hybridized carbons (Fsp3) is 0.467. The highest BCUT2D eigenvalue weighted by Gasteiger charge is 2.40. The van der Waals surface area contributed by atoms with Crippen molar-refractivity contribution in [3.63, 3.8) is 0 Å². The molecule has 0 saturated heterocycles. The lowest BCUT2D eigenvalue weighted by molar-refractivity contribution is -0.139. The fourth-order valence-corrected chi connectivity index (χ4v) is 5.59. The van der Waals surface area contributed by atoms with E-state index in [1.165, 1.54) is 13.2 Å². The lowest BCUT2D eigenvalue weighted by atomic mass is 9.93. The molecule has 2 aromatic carbocycles. The highest BCUT2D eigenvalue weighted by atomic mass is 28.4. The van der Waals surface area contributed by atoms with Gasteiger partial charge in [-0.3, -0.25) is 9.59 Å². The summed E-state index contributed by atoms with van der Waals surface area (Å²) in [6.45, 7) is 15.9. The van der Waals surface area contributed by atoms with Crippen LogP contribution in [0.1, 0.15) is 57.4 Å². The molecule has 206 valence electrons. The first-order valence-corrected chi connectivity index (χ1v) is 15.9. The van der Waals surface area contributed by atoms with Gasteiger partial charge in [-0.15, -0.1) is 0 Å². The van der Waals surface area contributed by atoms with Crippen LogP contribution in [0.2, 0.25) is 18.1 Å². The molecule has 1 aromatic heterocycles. The van der Waals surface area contributed by atoms with Crippen LogP contribution < -0.4 is 10.9 Å². The molecule has 3 rings (SSSR count). The molecule has 0 radical (unpaired) electrons. The number of phenolic OH excluding ortho intramolecular Hbond substituents is 1. The van der Waals surface area contributed by atoms with Gasteiger partial charge < -0.3 is 24.6 Å². The van der Waals surface area contributed by atoms with Gasteiger partial charge in [0.2, 0.25) is 5.56 Å². The first-order valence-electron chi connectivity index (χ1n) is 13.0. The van der Waals surface area contributed by atoms with E-state index in [9.17, 15) is 14.7 Å². The molecule has 0 saturated carbocycles. The summed E-state index contributed by atoms with van der Waals surface area (Å²) in [7, 11) is -0.779. The molecule has 7 nitrogen and oxygen atoms in total. The number of esters is 1. The topological polar surface area (TPSA) is 101 Å². The van der Waals surface area contributed by atoms with Crippen molar-refractivity contribution in [3.05, 3.63) is 75.6 Å². The van der Waals surface area contributed by atoms with Gasteiger partial charge in [-0.1, -0.05) is 51.1 Å². The monoisotopic (exact) mass is 538 g/mol. The van der Waals surface area contributed by atoms with Crippen LogP contribution in [0, 0.1) is 0 Å². The van der Waals surface area contributed by atoms with Gasteiger partial charge in [0.05, 0.1) is 25.2 Å². The Bertz CT molecular complexity index is 1340. The number of hydrogen-bond donors (Lipinski definition) is 3. The van der Waals surface area contributed by atoms with E-state index in [1.807, 2.05) is 24.3 Å². The van der Waals surface area contributed by atoms with Gasteiger partial charge in [-0.2, -0.15) is 0 Å². The van der Waals surface area contributed by atoms with Crippen LogP contribution in [-0.2, 0) is 26.8 Å². The van der Waals surface area contributed by atoms with E-state index in [2.05, 4.69) is 64.1 Å². The van der Waals surface area contributed by atoms with Crippen molar-refractivity contribution in [2.24, 2.45) is 0 Å². The number of ether oxygens (including phenoxy) is 1. The Morgan fingerprint density at radius 1 is 1.05 bits per heavy atom. The second-order valence-electron chi connectivity index (χ2n) is 12.2. The number of fused-ring (bicyclic) bond motifs is 1. The second kappa shape index (κ2) is 11.4. The number of carbonyl (C=O) groups excluding carboxylic acids is 1. The molecule has 38 heavy (non-hydrogen) atoms. The third-order valence-corrected chi connectivity index (χ3v) is 12.0. The Morgan fingerprint density at radius 3 is 2.39 bits per heavy atom. The summed E-state index contributed by atoms with van der Waals surface area (Å²) in [5.74, 6) is -0.222. The van der Waals surface area contributed by atoms with Crippen molar-refractivity contribution in [2.45, 2.75) is 77.2 Å². The number of pyridine rings is 1. The molecule has 1 atom stereocenters.